The summed E-state index contributed by atoms with van der Waals surface area (Å²) in [7, 11) is 4.96. The lowest BCUT2D eigenvalue weighted by molar-refractivity contribution is 0.0964. The molecule has 11 heteroatoms. The summed E-state index contributed by atoms with van der Waals surface area (Å²) in [6, 6.07) is 21.6. The predicted molar refractivity (Wildman–Crippen MR) is 182 cm³/mol. The van der Waals surface area contributed by atoms with Gasteiger partial charge in [-0.3, -0.25) is 4.79 Å². The summed E-state index contributed by atoms with van der Waals surface area (Å²) in [5, 5.41) is 9.68. The van der Waals surface area contributed by atoms with Gasteiger partial charge >= 0.3 is 0 Å². The van der Waals surface area contributed by atoms with Crippen LogP contribution >= 0.6 is 0 Å². The Bertz CT molecular complexity index is 1700. The molecule has 240 valence electrons. The lowest BCUT2D eigenvalue weighted by Crippen LogP contribution is -2.36. The largest absolute Gasteiger partial charge is 0.497 e. The number of ether oxygens (including phenoxy) is 3. The van der Waals surface area contributed by atoms with Crippen molar-refractivity contribution in [3.05, 3.63) is 83.4 Å². The Labute approximate surface area is 269 Å². The van der Waals surface area contributed by atoms with Gasteiger partial charge in [0.05, 0.1) is 44.4 Å². The van der Waals surface area contributed by atoms with Gasteiger partial charge in [0, 0.05) is 56.0 Å². The average Bonchev–Trinajstić information content (AvgIpc) is 3.34. The Balaban J connectivity index is 1.41. The number of nitrogens with one attached hydrogen (secondary N) is 3. The third kappa shape index (κ3) is 6.36. The van der Waals surface area contributed by atoms with Crippen molar-refractivity contribution in [2.24, 2.45) is 0 Å². The highest BCUT2D eigenvalue weighted by molar-refractivity contribution is 6.00. The molecule has 2 aliphatic heterocycles. The first-order chi connectivity index (χ1) is 22.3. The van der Waals surface area contributed by atoms with Gasteiger partial charge in [-0.05, 0) is 42.0 Å². The van der Waals surface area contributed by atoms with E-state index in [4.69, 9.17) is 24.2 Å². The standard InChI is InChI=1S/C35H41N7O4/c1-35(2)22-42(21-23-10-13-25(44-4)14-11-23)32-30(35)31(37-27-9-7-6-8-26(27)33(43)36-3)39-34(40-32)38-28-15-12-24(20-29(28)45-5)41-16-18-46-19-17-41/h6-15,20H,16-19,21-22H2,1-5H3,(H,36,43)(H2,37,38,39,40). The maximum Gasteiger partial charge on any atom is 0.253 e. The number of carbonyl (C=O) groups is 1. The number of para-hydroxylation sites is 1. The summed E-state index contributed by atoms with van der Waals surface area (Å²) in [5.74, 6) is 3.18. The number of hydrogen-bond acceptors (Lipinski definition) is 10. The number of fused-ring (bicyclic) bond motifs is 1. The Morgan fingerprint density at radius 2 is 1.70 bits per heavy atom. The van der Waals surface area contributed by atoms with Gasteiger partial charge in [-0.2, -0.15) is 9.97 Å². The topological polar surface area (TPSA) is 113 Å². The first kappa shape index (κ1) is 31.0. The molecule has 0 aliphatic carbocycles. The Morgan fingerprint density at radius 3 is 2.41 bits per heavy atom. The Morgan fingerprint density at radius 1 is 0.935 bits per heavy atom. The molecule has 1 aromatic heterocycles. The molecule has 3 N–H and O–H groups in total. The third-order valence-corrected chi connectivity index (χ3v) is 8.44. The molecular formula is C35H41N7O4. The fraction of sp³-hybridized carbons (Fsp3) is 0.343. The number of anilines is 6. The highest BCUT2D eigenvalue weighted by Crippen LogP contribution is 2.45. The van der Waals surface area contributed by atoms with Gasteiger partial charge in [0.25, 0.3) is 5.91 Å². The summed E-state index contributed by atoms with van der Waals surface area (Å²) in [5.41, 5.74) is 4.83. The monoisotopic (exact) mass is 623 g/mol. The summed E-state index contributed by atoms with van der Waals surface area (Å²) in [4.78, 5) is 27.4. The van der Waals surface area contributed by atoms with Gasteiger partial charge in [-0.15, -0.1) is 0 Å². The van der Waals surface area contributed by atoms with E-state index < -0.39 is 0 Å². The molecule has 0 spiro atoms. The molecular weight excluding hydrogens is 582 g/mol. The second-order valence-corrected chi connectivity index (χ2v) is 12.0. The van der Waals surface area contributed by atoms with Crippen LogP contribution in [0, 0.1) is 0 Å². The van der Waals surface area contributed by atoms with Crippen LogP contribution in [0.25, 0.3) is 0 Å². The van der Waals surface area contributed by atoms with Crippen molar-refractivity contribution in [1.29, 1.82) is 0 Å². The molecule has 0 bridgehead atoms. The number of methoxy groups -OCH3 is 2. The smallest absolute Gasteiger partial charge is 0.253 e. The summed E-state index contributed by atoms with van der Waals surface area (Å²) < 4.78 is 16.7. The van der Waals surface area contributed by atoms with Crippen LogP contribution in [0.5, 0.6) is 11.5 Å². The highest BCUT2D eigenvalue weighted by Gasteiger charge is 2.40. The van der Waals surface area contributed by atoms with E-state index in [0.717, 1.165) is 53.7 Å². The fourth-order valence-corrected chi connectivity index (χ4v) is 6.13. The molecule has 6 rings (SSSR count). The fourth-order valence-electron chi connectivity index (χ4n) is 6.13. The zero-order valence-electron chi connectivity index (χ0n) is 27.0. The number of nitrogens with zero attached hydrogens (tertiary/aromatic N) is 4. The van der Waals surface area contributed by atoms with E-state index in [1.165, 1.54) is 0 Å². The number of amides is 1. The average molecular weight is 624 g/mol. The minimum Gasteiger partial charge on any atom is -0.497 e. The van der Waals surface area contributed by atoms with Crippen molar-refractivity contribution in [2.45, 2.75) is 25.8 Å². The molecule has 11 nitrogen and oxygen atoms in total. The SMILES string of the molecule is CNC(=O)c1ccccc1Nc1nc(Nc2ccc(N3CCOCC3)cc2OC)nc2c1C(C)(C)CN2Cc1ccc(OC)cc1. The molecule has 0 saturated carbocycles. The van der Waals surface area contributed by atoms with Crippen molar-refractivity contribution in [2.75, 3.05) is 74.5 Å². The lowest BCUT2D eigenvalue weighted by atomic mass is 9.88. The van der Waals surface area contributed by atoms with Crippen LogP contribution in [-0.2, 0) is 16.7 Å². The van der Waals surface area contributed by atoms with Gasteiger partial charge in [0.15, 0.2) is 0 Å². The summed E-state index contributed by atoms with van der Waals surface area (Å²) in [6.45, 7) is 8.84. The number of carbonyl (C=O) groups excluding carboxylic acids is 1. The van der Waals surface area contributed by atoms with Crippen LogP contribution in [0.15, 0.2) is 66.7 Å². The summed E-state index contributed by atoms with van der Waals surface area (Å²) in [6.07, 6.45) is 0. The molecule has 0 radical (unpaired) electrons. The molecule has 3 heterocycles. The van der Waals surface area contributed by atoms with Crippen molar-refractivity contribution < 1.29 is 19.0 Å². The van der Waals surface area contributed by atoms with E-state index in [1.807, 2.05) is 42.5 Å². The second-order valence-electron chi connectivity index (χ2n) is 12.0. The van der Waals surface area contributed by atoms with Gasteiger partial charge < -0.3 is 40.0 Å². The van der Waals surface area contributed by atoms with E-state index >= 15 is 0 Å². The van der Waals surface area contributed by atoms with Crippen LogP contribution in [0.1, 0.15) is 35.3 Å². The molecule has 4 aromatic rings. The van der Waals surface area contributed by atoms with E-state index in [1.54, 1.807) is 27.3 Å². The van der Waals surface area contributed by atoms with Gasteiger partial charge in [0.2, 0.25) is 5.95 Å². The zero-order valence-corrected chi connectivity index (χ0v) is 27.0. The Kier molecular flexibility index (Phi) is 8.85. The van der Waals surface area contributed by atoms with Crippen LogP contribution in [0.2, 0.25) is 0 Å². The molecule has 2 aliphatic rings. The molecule has 3 aromatic carbocycles. The Hall–Kier alpha value is -5.03. The van der Waals surface area contributed by atoms with Gasteiger partial charge in [-0.25, -0.2) is 0 Å². The van der Waals surface area contributed by atoms with Crippen LogP contribution in [-0.4, -0.2) is 70.0 Å². The maximum atomic E-state index is 12.8. The highest BCUT2D eigenvalue weighted by atomic mass is 16.5. The molecule has 1 amide bonds. The van der Waals surface area contributed by atoms with Gasteiger partial charge in [0.1, 0.15) is 23.1 Å². The van der Waals surface area contributed by atoms with E-state index in [9.17, 15) is 4.79 Å². The molecule has 0 atom stereocenters. The number of morpholine rings is 1. The minimum atomic E-state index is -0.290. The molecule has 0 unspecified atom stereocenters. The number of aromatic nitrogens is 2. The van der Waals surface area contributed by atoms with Crippen LogP contribution in [0.4, 0.5) is 34.6 Å². The third-order valence-electron chi connectivity index (χ3n) is 8.44. The van der Waals surface area contributed by atoms with Crippen molar-refractivity contribution in [3.63, 3.8) is 0 Å². The lowest BCUT2D eigenvalue weighted by Gasteiger charge is -2.29. The van der Waals surface area contributed by atoms with Gasteiger partial charge in [-0.1, -0.05) is 38.1 Å². The molecule has 46 heavy (non-hydrogen) atoms. The van der Waals surface area contributed by atoms with Crippen molar-refractivity contribution in [1.82, 2.24) is 15.3 Å². The number of hydrogen-bond donors (Lipinski definition) is 3. The van der Waals surface area contributed by atoms with Crippen LogP contribution in [0.3, 0.4) is 0 Å². The first-order valence-electron chi connectivity index (χ1n) is 15.5. The first-order valence-corrected chi connectivity index (χ1v) is 15.5. The van der Waals surface area contributed by atoms with E-state index in [-0.39, 0.29) is 11.3 Å². The second kappa shape index (κ2) is 13.1. The molecule has 1 saturated heterocycles. The van der Waals surface area contributed by atoms with E-state index in [2.05, 4.69) is 57.8 Å². The summed E-state index contributed by atoms with van der Waals surface area (Å²) >= 11 is 0. The van der Waals surface area contributed by atoms with Crippen molar-refractivity contribution in [3.8, 4) is 11.5 Å². The van der Waals surface area contributed by atoms with E-state index in [0.29, 0.717) is 48.5 Å². The van der Waals surface area contributed by atoms with Crippen LogP contribution < -0.4 is 35.2 Å². The zero-order chi connectivity index (χ0) is 32.3. The molecule has 1 fully saturated rings. The number of benzene rings is 3. The quantitative estimate of drug-likeness (QED) is 0.210. The number of rotatable bonds is 10. The predicted octanol–water partition coefficient (Wildman–Crippen LogP) is 5.48. The van der Waals surface area contributed by atoms with Crippen molar-refractivity contribution >= 4 is 40.6 Å². The minimum absolute atomic E-state index is 0.183. The maximum absolute atomic E-state index is 12.8. The normalized spacial score (nSPS) is 15.2.